The lowest BCUT2D eigenvalue weighted by atomic mass is 10.2. The zero-order chi connectivity index (χ0) is 21.5. The van der Waals surface area contributed by atoms with E-state index in [4.69, 9.17) is 0 Å². The molecule has 3 rings (SSSR count). The molecule has 1 saturated heterocycles. The van der Waals surface area contributed by atoms with Gasteiger partial charge in [-0.3, -0.25) is 14.4 Å². The van der Waals surface area contributed by atoms with Gasteiger partial charge in [0.15, 0.2) is 0 Å². The van der Waals surface area contributed by atoms with E-state index >= 15 is 0 Å². The van der Waals surface area contributed by atoms with Crippen LogP contribution in [0.5, 0.6) is 0 Å². The highest BCUT2D eigenvalue weighted by Gasteiger charge is 2.21. The number of nitrogens with one attached hydrogen (secondary N) is 2. The summed E-state index contributed by atoms with van der Waals surface area (Å²) >= 11 is 0. The van der Waals surface area contributed by atoms with E-state index in [2.05, 4.69) is 15.5 Å². The maximum atomic E-state index is 13.1. The Labute approximate surface area is 174 Å². The van der Waals surface area contributed by atoms with Crippen LogP contribution >= 0.6 is 0 Å². The zero-order valence-electron chi connectivity index (χ0n) is 16.9. The smallest absolute Gasteiger partial charge is 0.224 e. The first kappa shape index (κ1) is 21.3. The molecule has 8 heteroatoms. The molecular formula is C22H25FN4O3. The van der Waals surface area contributed by atoms with Crippen LogP contribution in [0.15, 0.2) is 48.5 Å². The lowest BCUT2D eigenvalue weighted by Gasteiger charge is -2.36. The standard InChI is InChI=1S/C22H25FN4O3/c1-16(28)24-18-3-2-4-19(15-18)25-21(29)9-10-22(30)27-13-11-26(12-14-27)20-7-5-17(23)6-8-20/h2-8,15H,9-14H2,1H3,(H,24,28)(H,25,29). The van der Waals surface area contributed by atoms with E-state index in [-0.39, 0.29) is 36.4 Å². The predicted octanol–water partition coefficient (Wildman–Crippen LogP) is 2.85. The highest BCUT2D eigenvalue weighted by molar-refractivity contribution is 5.94. The van der Waals surface area contributed by atoms with Crippen molar-refractivity contribution in [3.63, 3.8) is 0 Å². The third-order valence-electron chi connectivity index (χ3n) is 4.86. The number of carbonyl (C=O) groups excluding carboxylic acids is 3. The van der Waals surface area contributed by atoms with Crippen molar-refractivity contribution in [3.8, 4) is 0 Å². The van der Waals surface area contributed by atoms with Crippen LogP contribution < -0.4 is 15.5 Å². The number of hydrogen-bond acceptors (Lipinski definition) is 4. The second kappa shape index (κ2) is 9.87. The van der Waals surface area contributed by atoms with Crippen LogP contribution in [0.25, 0.3) is 0 Å². The van der Waals surface area contributed by atoms with Gasteiger partial charge in [0.25, 0.3) is 0 Å². The second-order valence-corrected chi connectivity index (χ2v) is 7.15. The third-order valence-corrected chi connectivity index (χ3v) is 4.86. The highest BCUT2D eigenvalue weighted by Crippen LogP contribution is 2.18. The molecule has 1 aliphatic rings. The lowest BCUT2D eigenvalue weighted by molar-refractivity contribution is -0.133. The van der Waals surface area contributed by atoms with Crippen LogP contribution in [0.4, 0.5) is 21.5 Å². The molecule has 0 radical (unpaired) electrons. The number of rotatable bonds is 6. The molecule has 1 aliphatic heterocycles. The van der Waals surface area contributed by atoms with Crippen molar-refractivity contribution in [2.24, 2.45) is 0 Å². The van der Waals surface area contributed by atoms with Gasteiger partial charge < -0.3 is 20.4 Å². The van der Waals surface area contributed by atoms with Gasteiger partial charge in [0, 0.05) is 63.0 Å². The zero-order valence-corrected chi connectivity index (χ0v) is 16.9. The van der Waals surface area contributed by atoms with Gasteiger partial charge in [-0.05, 0) is 42.5 Å². The minimum atomic E-state index is -0.271. The van der Waals surface area contributed by atoms with Crippen molar-refractivity contribution in [2.75, 3.05) is 41.7 Å². The van der Waals surface area contributed by atoms with Gasteiger partial charge in [0.05, 0.1) is 0 Å². The number of amides is 3. The van der Waals surface area contributed by atoms with Gasteiger partial charge in [-0.15, -0.1) is 0 Å². The number of carbonyl (C=O) groups is 3. The van der Waals surface area contributed by atoms with Crippen LogP contribution in [0, 0.1) is 5.82 Å². The number of nitrogens with zero attached hydrogens (tertiary/aromatic N) is 2. The summed E-state index contributed by atoms with van der Waals surface area (Å²) in [5.41, 5.74) is 2.09. The highest BCUT2D eigenvalue weighted by atomic mass is 19.1. The first-order chi connectivity index (χ1) is 14.4. The van der Waals surface area contributed by atoms with Crippen molar-refractivity contribution in [1.82, 2.24) is 4.90 Å². The van der Waals surface area contributed by atoms with E-state index in [0.717, 1.165) is 5.69 Å². The van der Waals surface area contributed by atoms with Crippen LogP contribution in [0.2, 0.25) is 0 Å². The Bertz CT molecular complexity index is 909. The summed E-state index contributed by atoms with van der Waals surface area (Å²) in [6, 6.07) is 13.2. The molecule has 2 aromatic rings. The summed E-state index contributed by atoms with van der Waals surface area (Å²) in [6.45, 7) is 3.88. The van der Waals surface area contributed by atoms with Crippen LogP contribution in [0.3, 0.4) is 0 Å². The van der Waals surface area contributed by atoms with E-state index in [1.165, 1.54) is 19.1 Å². The van der Waals surface area contributed by atoms with Gasteiger partial charge in [-0.2, -0.15) is 0 Å². The Balaban J connectivity index is 1.43. The van der Waals surface area contributed by atoms with Gasteiger partial charge in [-0.25, -0.2) is 4.39 Å². The summed E-state index contributed by atoms with van der Waals surface area (Å²) in [4.78, 5) is 39.6. The molecule has 0 atom stereocenters. The number of anilines is 3. The molecule has 7 nitrogen and oxygen atoms in total. The van der Waals surface area contributed by atoms with Crippen molar-refractivity contribution in [1.29, 1.82) is 0 Å². The predicted molar refractivity (Wildman–Crippen MR) is 114 cm³/mol. The quantitative estimate of drug-likeness (QED) is 0.765. The van der Waals surface area contributed by atoms with Crippen molar-refractivity contribution in [2.45, 2.75) is 19.8 Å². The summed E-state index contributed by atoms with van der Waals surface area (Å²) in [5.74, 6) is -0.777. The SMILES string of the molecule is CC(=O)Nc1cccc(NC(=O)CCC(=O)N2CCN(c3ccc(F)cc3)CC2)c1. The minimum Gasteiger partial charge on any atom is -0.368 e. The molecule has 0 aliphatic carbocycles. The normalized spacial score (nSPS) is 13.7. The fraction of sp³-hybridized carbons (Fsp3) is 0.318. The van der Waals surface area contributed by atoms with E-state index in [1.54, 1.807) is 41.3 Å². The van der Waals surface area contributed by atoms with Crippen LogP contribution in [-0.2, 0) is 14.4 Å². The summed E-state index contributed by atoms with van der Waals surface area (Å²) in [5, 5.41) is 5.40. The van der Waals surface area contributed by atoms with Crippen molar-refractivity contribution < 1.29 is 18.8 Å². The second-order valence-electron chi connectivity index (χ2n) is 7.15. The van der Waals surface area contributed by atoms with E-state index in [0.29, 0.717) is 37.6 Å². The molecule has 2 aromatic carbocycles. The van der Waals surface area contributed by atoms with Gasteiger partial charge in [-0.1, -0.05) is 6.07 Å². The van der Waals surface area contributed by atoms with E-state index in [1.807, 2.05) is 0 Å². The molecule has 0 saturated carbocycles. The molecule has 3 amide bonds. The van der Waals surface area contributed by atoms with Gasteiger partial charge >= 0.3 is 0 Å². The Morgan fingerprint density at radius 1 is 0.900 bits per heavy atom. The molecule has 0 bridgehead atoms. The van der Waals surface area contributed by atoms with Gasteiger partial charge in [0.2, 0.25) is 17.7 Å². The Morgan fingerprint density at radius 2 is 1.53 bits per heavy atom. The van der Waals surface area contributed by atoms with E-state index in [9.17, 15) is 18.8 Å². The molecule has 0 aromatic heterocycles. The molecule has 2 N–H and O–H groups in total. The topological polar surface area (TPSA) is 81.8 Å². The third kappa shape index (κ3) is 6.04. The van der Waals surface area contributed by atoms with Crippen LogP contribution in [0.1, 0.15) is 19.8 Å². The van der Waals surface area contributed by atoms with Crippen molar-refractivity contribution >= 4 is 34.8 Å². The fourth-order valence-electron chi connectivity index (χ4n) is 3.35. The molecule has 1 fully saturated rings. The number of benzene rings is 2. The fourth-order valence-corrected chi connectivity index (χ4v) is 3.35. The molecule has 1 heterocycles. The average Bonchev–Trinajstić information content (AvgIpc) is 2.72. The largest absolute Gasteiger partial charge is 0.368 e. The molecule has 0 spiro atoms. The Hall–Kier alpha value is -3.42. The first-order valence-electron chi connectivity index (χ1n) is 9.86. The molecule has 0 unspecified atom stereocenters. The average molecular weight is 412 g/mol. The van der Waals surface area contributed by atoms with Crippen molar-refractivity contribution in [3.05, 3.63) is 54.3 Å². The van der Waals surface area contributed by atoms with Gasteiger partial charge in [0.1, 0.15) is 5.82 Å². The minimum absolute atomic E-state index is 0.0593. The Kier molecular flexibility index (Phi) is 7.00. The summed E-state index contributed by atoms with van der Waals surface area (Å²) in [7, 11) is 0. The molecule has 30 heavy (non-hydrogen) atoms. The first-order valence-corrected chi connectivity index (χ1v) is 9.86. The summed E-state index contributed by atoms with van der Waals surface area (Å²) < 4.78 is 13.1. The maximum absolute atomic E-state index is 13.1. The number of halogens is 1. The number of hydrogen-bond donors (Lipinski definition) is 2. The number of piperazine rings is 1. The molecule has 158 valence electrons. The Morgan fingerprint density at radius 3 is 2.17 bits per heavy atom. The van der Waals surface area contributed by atoms with Crippen LogP contribution in [-0.4, -0.2) is 48.8 Å². The lowest BCUT2D eigenvalue weighted by Crippen LogP contribution is -2.48. The monoisotopic (exact) mass is 412 g/mol. The summed E-state index contributed by atoms with van der Waals surface area (Å²) in [6.07, 6.45) is 0.217. The van der Waals surface area contributed by atoms with E-state index < -0.39 is 0 Å². The molecular weight excluding hydrogens is 387 g/mol. The maximum Gasteiger partial charge on any atom is 0.224 e.